The van der Waals surface area contributed by atoms with Crippen molar-refractivity contribution in [1.82, 2.24) is 0 Å². The second-order valence-corrected chi connectivity index (χ2v) is 43.1. The first kappa shape index (κ1) is 109. The Morgan fingerprint density at radius 3 is 0.604 bits per heavy atom. The van der Waals surface area contributed by atoms with Gasteiger partial charge >= 0.3 is 23.9 Å². The molecule has 0 amide bonds. The molecule has 12 aromatic carbocycles. The summed E-state index contributed by atoms with van der Waals surface area (Å²) in [5.41, 5.74) is 16.1. The van der Waals surface area contributed by atoms with Crippen LogP contribution in [0.1, 0.15) is 275 Å². The quantitative estimate of drug-likeness (QED) is 0.0262. The van der Waals surface area contributed by atoms with Gasteiger partial charge in [0.25, 0.3) is 0 Å². The number of rotatable bonds is 40. The molecule has 20 heteroatoms. The number of carbonyl (C=O) groups is 4. The maximum atomic E-state index is 14.7. The molecule has 0 aromatic heterocycles. The lowest BCUT2D eigenvalue weighted by Gasteiger charge is -2.32. The molecule has 4 aliphatic carbocycles. The number of ether oxygens (including phenoxy) is 8. The van der Waals surface area contributed by atoms with Crippen LogP contribution < -0.4 is 18.9 Å². The summed E-state index contributed by atoms with van der Waals surface area (Å²) in [5.74, 6) is 0.517. The van der Waals surface area contributed by atoms with Gasteiger partial charge in [-0.15, -0.1) is 0 Å². The summed E-state index contributed by atoms with van der Waals surface area (Å²) in [6.07, 6.45) is 8.20. The topological polar surface area (TPSA) is 223 Å². The molecule has 0 spiro atoms. The molecule has 8 atom stereocenters. The Morgan fingerprint density at radius 1 is 0.257 bits per heavy atom. The van der Waals surface area contributed by atoms with Gasteiger partial charge in [-0.3, -0.25) is 19.2 Å². The molecule has 0 saturated heterocycles. The molecule has 0 aliphatic heterocycles. The Kier molecular flexibility index (Phi) is 36.8. The Hall–Kier alpha value is -12.7. The van der Waals surface area contributed by atoms with E-state index in [2.05, 4.69) is 83.1 Å². The summed E-state index contributed by atoms with van der Waals surface area (Å²) in [6.45, 7) is 26.6. The van der Waals surface area contributed by atoms with Crippen LogP contribution in [0.5, 0.6) is 23.0 Å². The van der Waals surface area contributed by atoms with Crippen LogP contribution in [0.4, 0.5) is 17.6 Å². The molecule has 4 saturated carbocycles. The lowest BCUT2D eigenvalue weighted by molar-refractivity contribution is -0.138. The maximum Gasteiger partial charge on any atom is 0.303 e. The number of methoxy groups -OCH3 is 4. The van der Waals surface area contributed by atoms with Crippen molar-refractivity contribution in [3.63, 3.8) is 0 Å². The van der Waals surface area contributed by atoms with Gasteiger partial charge < -0.3 is 58.3 Å². The first-order valence-electron chi connectivity index (χ1n) is 50.1. The van der Waals surface area contributed by atoms with Crippen molar-refractivity contribution in [1.29, 1.82) is 0 Å². The molecule has 4 fully saturated rings. The Labute approximate surface area is 846 Å². The molecule has 16 nitrogen and oxygen atoms in total. The van der Waals surface area contributed by atoms with E-state index >= 15 is 0 Å². The highest BCUT2D eigenvalue weighted by Crippen LogP contribution is 2.52. The van der Waals surface area contributed by atoms with Crippen LogP contribution in [0, 0.1) is 68.6 Å². The van der Waals surface area contributed by atoms with E-state index in [1.54, 1.807) is 77.0 Å². The monoisotopic (exact) mass is 1960 g/mol. The molecule has 0 unspecified atom stereocenters. The largest absolute Gasteiger partial charge is 0.489 e. The van der Waals surface area contributed by atoms with Crippen molar-refractivity contribution in [2.24, 2.45) is 45.3 Å². The maximum absolute atomic E-state index is 14.7. The van der Waals surface area contributed by atoms with E-state index < -0.39 is 23.9 Å². The number of carboxylic acids is 4. The summed E-state index contributed by atoms with van der Waals surface area (Å²) in [7, 11) is 6.73. The van der Waals surface area contributed by atoms with Gasteiger partial charge in [0.2, 0.25) is 0 Å². The van der Waals surface area contributed by atoms with Crippen LogP contribution in [-0.4, -0.2) is 72.7 Å². The highest BCUT2D eigenvalue weighted by Gasteiger charge is 2.40. The zero-order valence-electron chi connectivity index (χ0n) is 85.8. The minimum Gasteiger partial charge on any atom is -0.489 e. The summed E-state index contributed by atoms with van der Waals surface area (Å²) < 4.78 is 107. The second-order valence-electron chi connectivity index (χ2n) is 43.1. The van der Waals surface area contributed by atoms with Crippen LogP contribution in [-0.2, 0) is 64.6 Å². The average Bonchev–Trinajstić information content (AvgIpc) is 1.12. The summed E-state index contributed by atoms with van der Waals surface area (Å²) in [6, 6.07) is 82.1. The minimum atomic E-state index is -0.771. The van der Waals surface area contributed by atoms with Crippen molar-refractivity contribution >= 4 is 23.9 Å². The van der Waals surface area contributed by atoms with Gasteiger partial charge in [0.1, 0.15) is 72.7 Å². The SMILES string of the molecule is CO[C@@H](c1cc(COc2cccc([C@@H](CC(=O)O)C3CC3)c2)ccc1-c1ccccc1F)C(C)(C)C.CO[C@@H](c1cc(COc2cccc([C@H](CC(=O)O)C3CC3)c2)ccc1-c1ccccc1F)C(C)(C)C.CO[C@H](c1cc(COc2cccc([C@@H](CC(=O)O)C3CC3)c2)ccc1-c1ccccc1F)C(C)(C)C.CO[C@H](c1cc(COc2cccc([C@H](CC(=O)O)C3CC3)c2)ccc1-c1ccccc1F)C(C)(C)C. The Bertz CT molecular complexity index is 5600. The van der Waals surface area contributed by atoms with Crippen molar-refractivity contribution in [3.05, 3.63) is 357 Å². The number of benzene rings is 12. The third kappa shape index (κ3) is 29.8. The Morgan fingerprint density at radius 2 is 0.444 bits per heavy atom. The zero-order chi connectivity index (χ0) is 103. The van der Waals surface area contributed by atoms with E-state index in [9.17, 15) is 57.2 Å². The van der Waals surface area contributed by atoms with Gasteiger partial charge in [-0.25, -0.2) is 17.6 Å². The molecular formula is C124H140F4O16. The van der Waals surface area contributed by atoms with Crippen molar-refractivity contribution in [2.75, 3.05) is 28.4 Å². The van der Waals surface area contributed by atoms with Crippen molar-refractivity contribution in [2.45, 2.75) is 235 Å². The van der Waals surface area contributed by atoms with E-state index in [0.717, 1.165) is 140 Å². The van der Waals surface area contributed by atoms with E-state index in [1.165, 1.54) is 24.3 Å². The smallest absolute Gasteiger partial charge is 0.303 e. The highest BCUT2D eigenvalue weighted by molar-refractivity contribution is 5.75. The van der Waals surface area contributed by atoms with Crippen LogP contribution in [0.25, 0.3) is 44.5 Å². The van der Waals surface area contributed by atoms with Gasteiger partial charge in [0.15, 0.2) is 0 Å². The summed E-state index contributed by atoms with van der Waals surface area (Å²) >= 11 is 0. The highest BCUT2D eigenvalue weighted by atomic mass is 19.1. The predicted molar refractivity (Wildman–Crippen MR) is 558 cm³/mol. The second kappa shape index (κ2) is 48.8. The lowest BCUT2D eigenvalue weighted by Crippen LogP contribution is -2.21. The zero-order valence-corrected chi connectivity index (χ0v) is 85.8. The van der Waals surface area contributed by atoms with E-state index in [0.29, 0.717) is 95.4 Å². The summed E-state index contributed by atoms with van der Waals surface area (Å²) in [4.78, 5) is 45.5. The van der Waals surface area contributed by atoms with Crippen molar-refractivity contribution < 1.29 is 95.1 Å². The average molecular weight is 1960 g/mol. The number of hydrogen-bond acceptors (Lipinski definition) is 12. The molecule has 760 valence electrons. The number of halogens is 4. The fourth-order valence-electron chi connectivity index (χ4n) is 20.1. The lowest BCUT2D eigenvalue weighted by atomic mass is 9.81. The summed E-state index contributed by atoms with van der Waals surface area (Å²) in [5, 5.41) is 37.4. The third-order valence-electron chi connectivity index (χ3n) is 27.4. The predicted octanol–water partition coefficient (Wildman–Crippen LogP) is 31.1. The normalized spacial score (nSPS) is 15.4. The van der Waals surface area contributed by atoms with E-state index in [4.69, 9.17) is 37.9 Å². The first-order chi connectivity index (χ1) is 68.7. The third-order valence-corrected chi connectivity index (χ3v) is 27.4. The van der Waals surface area contributed by atoms with Gasteiger partial charge in [-0.2, -0.15) is 0 Å². The van der Waals surface area contributed by atoms with Gasteiger partial charge in [0.05, 0.1) is 50.1 Å². The minimum absolute atomic E-state index is 0.0203. The molecule has 0 bridgehead atoms. The number of hydrogen-bond donors (Lipinski definition) is 4. The van der Waals surface area contributed by atoms with E-state index in [1.807, 2.05) is 194 Å². The molecule has 144 heavy (non-hydrogen) atoms. The molecule has 12 aromatic rings. The van der Waals surface area contributed by atoms with Crippen molar-refractivity contribution in [3.8, 4) is 67.5 Å². The van der Waals surface area contributed by atoms with Crippen LogP contribution in [0.15, 0.2) is 267 Å². The Balaban J connectivity index is 0.000000161. The first-order valence-corrected chi connectivity index (χ1v) is 50.1. The fourth-order valence-corrected chi connectivity index (χ4v) is 20.1. The molecule has 0 heterocycles. The van der Waals surface area contributed by atoms with Gasteiger partial charge in [-0.05, 0) is 306 Å². The van der Waals surface area contributed by atoms with Gasteiger partial charge in [0, 0.05) is 50.7 Å². The molecule has 16 rings (SSSR count). The van der Waals surface area contributed by atoms with Gasteiger partial charge in [-0.1, -0.05) is 253 Å². The van der Waals surface area contributed by atoms with E-state index in [-0.39, 0.29) is 119 Å². The van der Waals surface area contributed by atoms with Crippen LogP contribution in [0.2, 0.25) is 0 Å². The van der Waals surface area contributed by atoms with Crippen LogP contribution in [0.3, 0.4) is 0 Å². The molecular weight excluding hydrogens is 1820 g/mol. The molecule has 4 N–H and O–H groups in total. The van der Waals surface area contributed by atoms with Crippen LogP contribution >= 0.6 is 0 Å². The number of aliphatic carboxylic acids is 4. The fraction of sp³-hybridized carbons (Fsp3) is 0.387. The molecule has 0 radical (unpaired) electrons. The standard InChI is InChI=1S/4C31H35FO4/c4*1-31(2,3)30(35-4)27-16-20(12-15-24(27)25-10-5-6-11-28(25)32)19-36-23-9-7-8-22(17-23)26(18-29(33)34)21-13-14-21/h4*5-12,15-17,21,26,30H,13-14,18-19H2,1-4H3,(H,33,34)/t2*26-,30+;2*26-,30-/m1010/s1. The molecule has 4 aliphatic rings. The number of carboxylic acid groups (broad SMARTS) is 4.